The quantitative estimate of drug-likeness (QED) is 0.474. The van der Waals surface area contributed by atoms with Crippen molar-refractivity contribution in [1.29, 1.82) is 0 Å². The normalized spacial score (nSPS) is 14.0. The average molecular weight is 498 g/mol. The summed E-state index contributed by atoms with van der Waals surface area (Å²) in [5.41, 5.74) is 0.801. The van der Waals surface area contributed by atoms with Gasteiger partial charge in [-0.3, -0.25) is 9.10 Å². The van der Waals surface area contributed by atoms with E-state index in [4.69, 9.17) is 4.74 Å². The highest BCUT2D eigenvalue weighted by Gasteiger charge is 2.32. The van der Waals surface area contributed by atoms with Crippen LogP contribution >= 0.6 is 0 Å². The van der Waals surface area contributed by atoms with E-state index < -0.39 is 10.0 Å². The maximum atomic E-state index is 14.2. The Balaban J connectivity index is 1.57. The van der Waals surface area contributed by atoms with Gasteiger partial charge in [-0.15, -0.1) is 0 Å². The van der Waals surface area contributed by atoms with Gasteiger partial charge in [0.1, 0.15) is 18.1 Å². The summed E-state index contributed by atoms with van der Waals surface area (Å²) in [5.74, 6) is -0.254. The lowest BCUT2D eigenvalue weighted by Crippen LogP contribution is -2.52. The number of hydrogen-bond acceptors (Lipinski definition) is 5. The summed E-state index contributed by atoms with van der Waals surface area (Å²) in [5, 5.41) is 0. The molecule has 35 heavy (non-hydrogen) atoms. The van der Waals surface area contributed by atoms with Crippen molar-refractivity contribution in [2.45, 2.75) is 11.8 Å². The van der Waals surface area contributed by atoms with Gasteiger partial charge in [0, 0.05) is 26.2 Å². The van der Waals surface area contributed by atoms with Crippen LogP contribution in [0.25, 0.3) is 0 Å². The van der Waals surface area contributed by atoms with Crippen molar-refractivity contribution >= 4 is 27.3 Å². The van der Waals surface area contributed by atoms with Gasteiger partial charge in [-0.1, -0.05) is 42.5 Å². The summed E-state index contributed by atoms with van der Waals surface area (Å²) in [4.78, 5) is 16.9. The number of sulfonamides is 1. The number of benzene rings is 3. The van der Waals surface area contributed by atoms with Crippen molar-refractivity contribution in [3.05, 3.63) is 84.7 Å². The maximum Gasteiger partial charge on any atom is 0.264 e. The number of carbonyl (C=O) groups is 1. The van der Waals surface area contributed by atoms with E-state index in [1.165, 1.54) is 18.2 Å². The van der Waals surface area contributed by atoms with Crippen LogP contribution in [0, 0.1) is 5.82 Å². The van der Waals surface area contributed by atoms with Gasteiger partial charge >= 0.3 is 0 Å². The second-order valence-corrected chi connectivity index (χ2v) is 9.91. The molecule has 0 N–H and O–H groups in total. The molecule has 0 radical (unpaired) electrons. The molecule has 0 unspecified atom stereocenters. The van der Waals surface area contributed by atoms with E-state index in [0.29, 0.717) is 49.9 Å². The highest BCUT2D eigenvalue weighted by molar-refractivity contribution is 7.92. The standard InChI is InChI=1S/C26H28FN3O4S/c1-2-34-25-15-9-8-14-24(25)30(35(32,33)21-10-4-3-5-11-21)20-26(31)29-18-16-28(17-19-29)23-13-7-6-12-22(23)27/h3-15H,2,16-20H2,1H3. The zero-order chi connectivity index (χ0) is 24.8. The van der Waals surface area contributed by atoms with E-state index >= 15 is 0 Å². The number of nitrogens with zero attached hydrogens (tertiary/aromatic N) is 3. The Morgan fingerprint density at radius 1 is 0.914 bits per heavy atom. The molecule has 1 fully saturated rings. The van der Waals surface area contributed by atoms with Crippen molar-refractivity contribution < 1.29 is 22.3 Å². The molecule has 184 valence electrons. The lowest BCUT2D eigenvalue weighted by atomic mass is 10.2. The summed E-state index contributed by atoms with van der Waals surface area (Å²) in [6, 6.07) is 21.4. The number of carbonyl (C=O) groups excluding carboxylic acids is 1. The molecule has 9 heteroatoms. The molecule has 1 aliphatic rings. The third kappa shape index (κ3) is 5.40. The molecule has 1 aliphatic heterocycles. The highest BCUT2D eigenvalue weighted by atomic mass is 32.2. The lowest BCUT2D eigenvalue weighted by molar-refractivity contribution is -0.129. The van der Waals surface area contributed by atoms with Gasteiger partial charge < -0.3 is 14.5 Å². The number of hydrogen-bond donors (Lipinski definition) is 0. The van der Waals surface area contributed by atoms with Crippen LogP contribution in [0.4, 0.5) is 15.8 Å². The van der Waals surface area contributed by atoms with Crippen LogP contribution in [0.3, 0.4) is 0 Å². The largest absolute Gasteiger partial charge is 0.492 e. The van der Waals surface area contributed by atoms with Crippen molar-refractivity contribution in [3.63, 3.8) is 0 Å². The summed E-state index contributed by atoms with van der Waals surface area (Å²) >= 11 is 0. The number of halogens is 1. The molecule has 3 aromatic rings. The Bertz CT molecular complexity index is 1260. The zero-order valence-electron chi connectivity index (χ0n) is 19.5. The lowest BCUT2D eigenvalue weighted by Gasteiger charge is -2.37. The van der Waals surface area contributed by atoms with Crippen molar-refractivity contribution in [3.8, 4) is 5.75 Å². The van der Waals surface area contributed by atoms with Gasteiger partial charge in [0.2, 0.25) is 5.91 Å². The van der Waals surface area contributed by atoms with E-state index in [1.807, 2.05) is 11.8 Å². The van der Waals surface area contributed by atoms with Crippen LogP contribution in [-0.2, 0) is 14.8 Å². The van der Waals surface area contributed by atoms with Gasteiger partial charge in [-0.2, -0.15) is 0 Å². The van der Waals surface area contributed by atoms with Crippen LogP contribution in [-0.4, -0.2) is 58.6 Å². The molecule has 4 rings (SSSR count). The van der Waals surface area contributed by atoms with Crippen LogP contribution in [0.5, 0.6) is 5.75 Å². The molecular formula is C26H28FN3O4S. The van der Waals surface area contributed by atoms with E-state index in [9.17, 15) is 17.6 Å². The SMILES string of the molecule is CCOc1ccccc1N(CC(=O)N1CCN(c2ccccc2F)CC1)S(=O)(=O)c1ccccc1. The minimum absolute atomic E-state index is 0.0865. The molecule has 7 nitrogen and oxygen atoms in total. The zero-order valence-corrected chi connectivity index (χ0v) is 20.3. The van der Waals surface area contributed by atoms with Gasteiger partial charge in [0.15, 0.2) is 0 Å². The van der Waals surface area contributed by atoms with E-state index in [-0.39, 0.29) is 23.2 Å². The Kier molecular flexibility index (Phi) is 7.55. The Morgan fingerprint density at radius 2 is 1.54 bits per heavy atom. The minimum Gasteiger partial charge on any atom is -0.492 e. The molecule has 0 bridgehead atoms. The first-order valence-electron chi connectivity index (χ1n) is 11.5. The van der Waals surface area contributed by atoms with Crippen molar-refractivity contribution in [2.24, 2.45) is 0 Å². The monoisotopic (exact) mass is 497 g/mol. The fraction of sp³-hybridized carbons (Fsp3) is 0.269. The molecule has 0 spiro atoms. The summed E-state index contributed by atoms with van der Waals surface area (Å²) in [6.07, 6.45) is 0. The third-order valence-electron chi connectivity index (χ3n) is 5.87. The molecule has 1 amide bonds. The Labute approximate surface area is 205 Å². The first kappa shape index (κ1) is 24.5. The number of amides is 1. The fourth-order valence-corrected chi connectivity index (χ4v) is 5.53. The van der Waals surface area contributed by atoms with Crippen LogP contribution in [0.2, 0.25) is 0 Å². The van der Waals surface area contributed by atoms with Gasteiger partial charge in [0.25, 0.3) is 10.0 Å². The van der Waals surface area contributed by atoms with Crippen LogP contribution < -0.4 is 13.9 Å². The molecule has 0 aliphatic carbocycles. The van der Waals surface area contributed by atoms with Crippen LogP contribution in [0.1, 0.15) is 6.92 Å². The highest BCUT2D eigenvalue weighted by Crippen LogP contribution is 2.32. The number of ether oxygens (including phenoxy) is 1. The van der Waals surface area contributed by atoms with Gasteiger partial charge in [-0.25, -0.2) is 12.8 Å². The smallest absolute Gasteiger partial charge is 0.264 e. The molecule has 1 saturated heterocycles. The maximum absolute atomic E-state index is 14.2. The van der Waals surface area contributed by atoms with E-state index in [2.05, 4.69) is 0 Å². The van der Waals surface area contributed by atoms with Gasteiger partial charge in [0.05, 0.1) is 22.9 Å². The number of para-hydroxylation sites is 3. The molecule has 0 atom stereocenters. The molecule has 1 heterocycles. The average Bonchev–Trinajstić information content (AvgIpc) is 2.89. The molecule has 0 aromatic heterocycles. The number of piperazine rings is 1. The summed E-state index contributed by atoms with van der Waals surface area (Å²) < 4.78 is 48.2. The second kappa shape index (κ2) is 10.8. The first-order valence-corrected chi connectivity index (χ1v) is 12.9. The predicted octanol–water partition coefficient (Wildman–Crippen LogP) is 3.77. The van der Waals surface area contributed by atoms with Gasteiger partial charge in [-0.05, 0) is 43.3 Å². The molecular weight excluding hydrogens is 469 g/mol. The summed E-state index contributed by atoms with van der Waals surface area (Å²) in [7, 11) is -4.04. The molecule has 3 aromatic carbocycles. The van der Waals surface area contributed by atoms with E-state index in [0.717, 1.165) is 4.31 Å². The van der Waals surface area contributed by atoms with Crippen molar-refractivity contribution in [2.75, 3.05) is 48.5 Å². The minimum atomic E-state index is -4.04. The van der Waals surface area contributed by atoms with Crippen molar-refractivity contribution in [1.82, 2.24) is 4.90 Å². The molecule has 0 saturated carbocycles. The van der Waals surface area contributed by atoms with Crippen LogP contribution in [0.15, 0.2) is 83.8 Å². The second-order valence-electron chi connectivity index (χ2n) is 8.04. The topological polar surface area (TPSA) is 70.2 Å². The van der Waals surface area contributed by atoms with E-state index in [1.54, 1.807) is 65.6 Å². The fourth-order valence-electron chi connectivity index (χ4n) is 4.09. The third-order valence-corrected chi connectivity index (χ3v) is 7.64. The number of rotatable bonds is 8. The Hall–Kier alpha value is -3.59. The summed E-state index contributed by atoms with van der Waals surface area (Å²) in [6.45, 7) is 3.41. The Morgan fingerprint density at radius 3 is 2.23 bits per heavy atom. The number of anilines is 2. The first-order chi connectivity index (χ1) is 16.9. The predicted molar refractivity (Wildman–Crippen MR) is 134 cm³/mol.